The number of carbonyl (C=O) groups is 2. The number of aromatic nitrogens is 1. The van der Waals surface area contributed by atoms with Crippen LogP contribution in [0, 0.1) is 23.5 Å². The minimum atomic E-state index is -1.11. The summed E-state index contributed by atoms with van der Waals surface area (Å²) in [5, 5.41) is 0. The predicted molar refractivity (Wildman–Crippen MR) is 123 cm³/mol. The van der Waals surface area contributed by atoms with Gasteiger partial charge in [0.15, 0.2) is 11.6 Å². The van der Waals surface area contributed by atoms with Crippen LogP contribution in [0.25, 0.3) is 0 Å². The summed E-state index contributed by atoms with van der Waals surface area (Å²) < 4.78 is 31.3. The number of imide groups is 1. The van der Waals surface area contributed by atoms with Gasteiger partial charge in [-0.1, -0.05) is 30.0 Å². The molecule has 1 aliphatic heterocycles. The molecule has 1 fully saturated rings. The first-order valence-corrected chi connectivity index (χ1v) is 10.5. The zero-order valence-corrected chi connectivity index (χ0v) is 18.8. The normalized spacial score (nSPS) is 18.0. The van der Waals surface area contributed by atoms with E-state index in [9.17, 15) is 23.2 Å². The third-order valence-electron chi connectivity index (χ3n) is 6.04. The SMILES string of the molecule is CN1C(=O)N(c2c(F)cc(C#Cc3ccccc3)cc2F)C(=O)CC1(C)c1ccc(=O)n(C)c1. The maximum atomic E-state index is 15.0. The molecule has 3 amide bonds. The molecule has 1 saturated heterocycles. The van der Waals surface area contributed by atoms with E-state index in [1.807, 2.05) is 6.07 Å². The topological polar surface area (TPSA) is 62.6 Å². The Hall–Kier alpha value is -4.25. The number of amides is 3. The molecule has 1 aliphatic rings. The lowest BCUT2D eigenvalue weighted by molar-refractivity contribution is -0.122. The zero-order chi connectivity index (χ0) is 24.6. The lowest BCUT2D eigenvalue weighted by Gasteiger charge is -2.45. The van der Waals surface area contributed by atoms with E-state index in [-0.39, 0.29) is 17.5 Å². The summed E-state index contributed by atoms with van der Waals surface area (Å²) in [7, 11) is 3.00. The Morgan fingerprint density at radius 1 is 0.882 bits per heavy atom. The van der Waals surface area contributed by atoms with Gasteiger partial charge >= 0.3 is 6.03 Å². The number of nitrogens with zero attached hydrogens (tertiary/aromatic N) is 3. The van der Waals surface area contributed by atoms with Gasteiger partial charge in [0.05, 0.1) is 12.0 Å². The second-order valence-corrected chi connectivity index (χ2v) is 8.29. The molecule has 4 rings (SSSR count). The lowest BCUT2D eigenvalue weighted by atomic mass is 9.85. The molecular formula is C26H21F2N3O3. The van der Waals surface area contributed by atoms with Crippen molar-refractivity contribution in [2.24, 2.45) is 7.05 Å². The highest BCUT2D eigenvalue weighted by atomic mass is 19.1. The van der Waals surface area contributed by atoms with Crippen molar-refractivity contribution in [3.8, 4) is 11.8 Å². The molecule has 0 N–H and O–H groups in total. The molecule has 34 heavy (non-hydrogen) atoms. The van der Waals surface area contributed by atoms with Crippen molar-refractivity contribution >= 4 is 17.6 Å². The van der Waals surface area contributed by atoms with Crippen LogP contribution in [0.3, 0.4) is 0 Å². The van der Waals surface area contributed by atoms with E-state index in [4.69, 9.17) is 0 Å². The van der Waals surface area contributed by atoms with Crippen LogP contribution >= 0.6 is 0 Å². The van der Waals surface area contributed by atoms with Gasteiger partial charge in [-0.05, 0) is 42.8 Å². The summed E-state index contributed by atoms with van der Waals surface area (Å²) in [5.74, 6) is 2.60. The van der Waals surface area contributed by atoms with Gasteiger partial charge in [0.2, 0.25) is 11.5 Å². The van der Waals surface area contributed by atoms with Crippen LogP contribution in [0.15, 0.2) is 65.6 Å². The molecular weight excluding hydrogens is 440 g/mol. The monoisotopic (exact) mass is 461 g/mol. The Balaban J connectivity index is 1.69. The van der Waals surface area contributed by atoms with Crippen LogP contribution in [0.5, 0.6) is 0 Å². The number of benzene rings is 2. The Labute approximate surface area is 195 Å². The van der Waals surface area contributed by atoms with E-state index >= 15 is 0 Å². The first kappa shape index (κ1) is 22.9. The van der Waals surface area contributed by atoms with Gasteiger partial charge in [-0.25, -0.2) is 18.5 Å². The summed E-state index contributed by atoms with van der Waals surface area (Å²) in [6.07, 6.45) is 1.30. The molecule has 0 spiro atoms. The van der Waals surface area contributed by atoms with E-state index < -0.39 is 34.8 Å². The van der Waals surface area contributed by atoms with Crippen molar-refractivity contribution in [2.45, 2.75) is 18.9 Å². The smallest absolute Gasteiger partial charge is 0.318 e. The summed E-state index contributed by atoms with van der Waals surface area (Å²) in [5.41, 5.74) is -0.800. The molecule has 0 radical (unpaired) electrons. The Kier molecular flexibility index (Phi) is 5.80. The average Bonchev–Trinajstić information content (AvgIpc) is 2.80. The fourth-order valence-electron chi connectivity index (χ4n) is 3.91. The summed E-state index contributed by atoms with van der Waals surface area (Å²) in [6, 6.07) is 12.9. The number of aryl methyl sites for hydroxylation is 1. The van der Waals surface area contributed by atoms with Crippen molar-refractivity contribution < 1.29 is 18.4 Å². The summed E-state index contributed by atoms with van der Waals surface area (Å²) >= 11 is 0. The zero-order valence-electron chi connectivity index (χ0n) is 18.8. The number of halogens is 2. The second kappa shape index (κ2) is 8.60. The van der Waals surface area contributed by atoms with E-state index in [2.05, 4.69) is 11.8 Å². The largest absolute Gasteiger partial charge is 0.332 e. The molecule has 2 aromatic carbocycles. The first-order valence-electron chi connectivity index (χ1n) is 10.5. The van der Waals surface area contributed by atoms with Crippen LogP contribution in [0.4, 0.5) is 19.3 Å². The highest BCUT2D eigenvalue weighted by molar-refractivity contribution is 6.16. The predicted octanol–water partition coefficient (Wildman–Crippen LogP) is 3.77. The van der Waals surface area contributed by atoms with E-state index in [0.29, 0.717) is 16.0 Å². The van der Waals surface area contributed by atoms with E-state index in [0.717, 1.165) is 12.1 Å². The van der Waals surface area contributed by atoms with Gasteiger partial charge < -0.3 is 9.47 Å². The fraction of sp³-hybridized carbons (Fsp3) is 0.192. The van der Waals surface area contributed by atoms with E-state index in [1.165, 1.54) is 34.8 Å². The van der Waals surface area contributed by atoms with E-state index in [1.54, 1.807) is 38.2 Å². The van der Waals surface area contributed by atoms with Crippen LogP contribution in [-0.2, 0) is 17.4 Å². The molecule has 1 unspecified atom stereocenters. The average molecular weight is 461 g/mol. The number of anilines is 1. The molecule has 8 heteroatoms. The van der Waals surface area contributed by atoms with Crippen LogP contribution in [0.1, 0.15) is 30.0 Å². The molecule has 6 nitrogen and oxygen atoms in total. The van der Waals surface area contributed by atoms with Crippen molar-refractivity contribution in [1.82, 2.24) is 9.47 Å². The first-order chi connectivity index (χ1) is 16.1. The van der Waals surface area contributed by atoms with Crippen LogP contribution in [0.2, 0.25) is 0 Å². The van der Waals surface area contributed by atoms with Crippen LogP contribution < -0.4 is 10.5 Å². The Morgan fingerprint density at radius 2 is 1.50 bits per heavy atom. The van der Waals surface area contributed by atoms with Crippen molar-refractivity contribution in [2.75, 3.05) is 11.9 Å². The summed E-state index contributed by atoms with van der Waals surface area (Å²) in [6.45, 7) is 1.66. The molecule has 0 saturated carbocycles. The number of carbonyl (C=O) groups excluding carboxylic acids is 2. The fourth-order valence-corrected chi connectivity index (χ4v) is 3.91. The van der Waals surface area contributed by atoms with Gasteiger partial charge in [-0.3, -0.25) is 9.59 Å². The minimum Gasteiger partial charge on any atom is -0.318 e. The maximum Gasteiger partial charge on any atom is 0.332 e. The van der Waals surface area contributed by atoms with Crippen LogP contribution in [-0.4, -0.2) is 28.5 Å². The third-order valence-corrected chi connectivity index (χ3v) is 6.04. The third kappa shape index (κ3) is 3.97. The standard InChI is InChI=1S/C26H21F2N3O3/c1-26(19-11-12-22(32)29(2)16-19)15-23(33)31(25(34)30(26)3)24-20(27)13-18(14-21(24)28)10-9-17-7-5-4-6-8-17/h4-8,11-14,16H,15H2,1-3H3. The van der Waals surface area contributed by atoms with Gasteiger partial charge in [0, 0.05) is 37.5 Å². The maximum absolute atomic E-state index is 15.0. The molecule has 1 atom stereocenters. The molecule has 0 bridgehead atoms. The van der Waals surface area contributed by atoms with Gasteiger partial charge in [-0.15, -0.1) is 0 Å². The number of hydrogen-bond acceptors (Lipinski definition) is 3. The Morgan fingerprint density at radius 3 is 2.12 bits per heavy atom. The van der Waals surface area contributed by atoms with Crippen molar-refractivity contribution in [3.05, 3.63) is 99.5 Å². The number of rotatable bonds is 2. The number of pyridine rings is 1. The Bertz CT molecular complexity index is 1400. The molecule has 0 aliphatic carbocycles. The number of urea groups is 1. The molecule has 2 heterocycles. The van der Waals surface area contributed by atoms with Gasteiger partial charge in [-0.2, -0.15) is 0 Å². The van der Waals surface area contributed by atoms with Crippen molar-refractivity contribution in [3.63, 3.8) is 0 Å². The van der Waals surface area contributed by atoms with Crippen molar-refractivity contribution in [1.29, 1.82) is 0 Å². The molecule has 172 valence electrons. The minimum absolute atomic E-state index is 0.0721. The summed E-state index contributed by atoms with van der Waals surface area (Å²) in [4.78, 5) is 39.7. The quantitative estimate of drug-likeness (QED) is 0.546. The number of hydrogen-bond donors (Lipinski definition) is 0. The highest BCUT2D eigenvalue weighted by Crippen LogP contribution is 2.38. The second-order valence-electron chi connectivity index (χ2n) is 8.29. The van der Waals surface area contributed by atoms with Gasteiger partial charge in [0.1, 0.15) is 5.69 Å². The molecule has 3 aromatic rings. The molecule has 1 aromatic heterocycles. The van der Waals surface area contributed by atoms with Gasteiger partial charge in [0.25, 0.3) is 0 Å². The lowest BCUT2D eigenvalue weighted by Crippen LogP contribution is -2.60. The highest BCUT2D eigenvalue weighted by Gasteiger charge is 2.47.